The van der Waals surface area contributed by atoms with Crippen LogP contribution >= 0.6 is 11.3 Å². The van der Waals surface area contributed by atoms with Gasteiger partial charge in [-0.2, -0.15) is 0 Å². The Kier molecular flexibility index (Phi) is 3.73. The second-order valence-electron chi connectivity index (χ2n) is 5.90. The fraction of sp³-hybridized carbons (Fsp3) is 0.733. The Labute approximate surface area is 114 Å². The molecule has 1 aliphatic carbocycles. The summed E-state index contributed by atoms with van der Waals surface area (Å²) in [7, 11) is 0. The first-order chi connectivity index (χ1) is 8.78. The summed E-state index contributed by atoms with van der Waals surface area (Å²) in [4.78, 5) is 5.76. The van der Waals surface area contributed by atoms with Gasteiger partial charge in [0.15, 0.2) is 0 Å². The summed E-state index contributed by atoms with van der Waals surface area (Å²) in [6.45, 7) is 6.96. The van der Waals surface area contributed by atoms with Crippen molar-refractivity contribution in [3.63, 3.8) is 0 Å². The monoisotopic (exact) mass is 264 g/mol. The van der Waals surface area contributed by atoms with Crippen LogP contribution in [0.1, 0.15) is 41.9 Å². The average Bonchev–Trinajstić information content (AvgIpc) is 2.79. The molecule has 1 aromatic rings. The zero-order chi connectivity index (χ0) is 12.4. The van der Waals surface area contributed by atoms with E-state index in [1.54, 1.807) is 4.88 Å². The normalized spacial score (nSPS) is 24.5. The molecule has 0 bridgehead atoms. The van der Waals surface area contributed by atoms with Gasteiger partial charge < -0.3 is 5.32 Å². The van der Waals surface area contributed by atoms with Gasteiger partial charge in [0.25, 0.3) is 0 Å². The Bertz CT molecular complexity index is 385. The minimum Gasteiger partial charge on any atom is -0.314 e. The SMILES string of the molecule is Cc1ccc(CN2CCNCC23CCCCC3)s1. The zero-order valence-corrected chi connectivity index (χ0v) is 12.2. The topological polar surface area (TPSA) is 15.3 Å². The third-order valence-electron chi connectivity index (χ3n) is 4.61. The molecule has 2 aliphatic rings. The van der Waals surface area contributed by atoms with Crippen LogP contribution in [-0.2, 0) is 6.54 Å². The van der Waals surface area contributed by atoms with E-state index in [2.05, 4.69) is 29.3 Å². The van der Waals surface area contributed by atoms with Gasteiger partial charge in [-0.3, -0.25) is 4.90 Å². The van der Waals surface area contributed by atoms with Crippen LogP contribution in [-0.4, -0.2) is 30.1 Å². The standard InChI is InChI=1S/C15H24N2S/c1-13-5-6-14(18-13)11-17-10-9-16-12-15(17)7-3-2-4-8-15/h5-6,16H,2-4,7-12H2,1H3. The van der Waals surface area contributed by atoms with Gasteiger partial charge in [0.2, 0.25) is 0 Å². The minimum atomic E-state index is 0.467. The molecule has 3 heteroatoms. The van der Waals surface area contributed by atoms with Gasteiger partial charge in [-0.05, 0) is 31.9 Å². The lowest BCUT2D eigenvalue weighted by molar-refractivity contribution is 0.0217. The largest absolute Gasteiger partial charge is 0.314 e. The number of rotatable bonds is 2. The molecule has 1 aliphatic heterocycles. The van der Waals surface area contributed by atoms with E-state index >= 15 is 0 Å². The molecule has 1 saturated carbocycles. The molecule has 3 rings (SSSR count). The van der Waals surface area contributed by atoms with E-state index in [1.165, 1.54) is 56.6 Å². The number of piperazine rings is 1. The van der Waals surface area contributed by atoms with Crippen molar-refractivity contribution in [2.24, 2.45) is 0 Å². The summed E-state index contributed by atoms with van der Waals surface area (Å²) < 4.78 is 0. The number of aryl methyl sites for hydroxylation is 1. The van der Waals surface area contributed by atoms with Crippen molar-refractivity contribution in [1.29, 1.82) is 0 Å². The first-order valence-corrected chi connectivity index (χ1v) is 8.11. The predicted molar refractivity (Wildman–Crippen MR) is 78.2 cm³/mol. The number of thiophene rings is 1. The van der Waals surface area contributed by atoms with Gasteiger partial charge in [0, 0.05) is 41.5 Å². The van der Waals surface area contributed by atoms with Crippen LogP contribution in [0.2, 0.25) is 0 Å². The highest BCUT2D eigenvalue weighted by Gasteiger charge is 2.39. The first kappa shape index (κ1) is 12.6. The fourth-order valence-electron chi connectivity index (χ4n) is 3.59. The molecule has 1 N–H and O–H groups in total. The molecule has 2 heterocycles. The van der Waals surface area contributed by atoms with Crippen molar-refractivity contribution in [1.82, 2.24) is 10.2 Å². The molecule has 2 nitrogen and oxygen atoms in total. The summed E-state index contributed by atoms with van der Waals surface area (Å²) in [5.41, 5.74) is 0.467. The predicted octanol–water partition coefficient (Wildman–Crippen LogP) is 3.16. The van der Waals surface area contributed by atoms with Crippen molar-refractivity contribution in [3.05, 3.63) is 21.9 Å². The number of hydrogen-bond donors (Lipinski definition) is 1. The van der Waals surface area contributed by atoms with Crippen molar-refractivity contribution in [3.8, 4) is 0 Å². The molecule has 0 aromatic carbocycles. The van der Waals surface area contributed by atoms with Gasteiger partial charge in [-0.25, -0.2) is 0 Å². The van der Waals surface area contributed by atoms with Gasteiger partial charge in [0.05, 0.1) is 0 Å². The molecule has 1 saturated heterocycles. The van der Waals surface area contributed by atoms with Crippen LogP contribution in [0.25, 0.3) is 0 Å². The molecule has 0 amide bonds. The Morgan fingerprint density at radius 2 is 2.11 bits per heavy atom. The smallest absolute Gasteiger partial charge is 0.0338 e. The fourth-order valence-corrected chi connectivity index (χ4v) is 4.50. The minimum absolute atomic E-state index is 0.467. The highest BCUT2D eigenvalue weighted by molar-refractivity contribution is 7.11. The Morgan fingerprint density at radius 1 is 1.28 bits per heavy atom. The van der Waals surface area contributed by atoms with Gasteiger partial charge in [-0.1, -0.05) is 19.3 Å². The highest BCUT2D eigenvalue weighted by atomic mass is 32.1. The Balaban J connectivity index is 1.75. The maximum absolute atomic E-state index is 3.63. The summed E-state index contributed by atoms with van der Waals surface area (Å²) in [6.07, 6.45) is 7.06. The third kappa shape index (κ3) is 2.49. The molecule has 1 aromatic heterocycles. The maximum atomic E-state index is 3.63. The summed E-state index contributed by atoms with van der Waals surface area (Å²) in [5, 5.41) is 3.63. The van der Waals surface area contributed by atoms with Crippen molar-refractivity contribution in [2.75, 3.05) is 19.6 Å². The van der Waals surface area contributed by atoms with E-state index in [4.69, 9.17) is 0 Å². The third-order valence-corrected chi connectivity index (χ3v) is 5.60. The average molecular weight is 264 g/mol. The van der Waals surface area contributed by atoms with Gasteiger partial charge >= 0.3 is 0 Å². The molecule has 0 unspecified atom stereocenters. The lowest BCUT2D eigenvalue weighted by Gasteiger charge is -2.49. The van der Waals surface area contributed by atoms with E-state index in [0.717, 1.165) is 6.54 Å². The van der Waals surface area contributed by atoms with E-state index < -0.39 is 0 Å². The molecule has 0 atom stereocenters. The molecule has 0 radical (unpaired) electrons. The number of nitrogens with one attached hydrogen (secondary N) is 1. The van der Waals surface area contributed by atoms with Crippen LogP contribution < -0.4 is 5.32 Å². The summed E-state index contributed by atoms with van der Waals surface area (Å²) in [5.74, 6) is 0. The van der Waals surface area contributed by atoms with Crippen LogP contribution in [0.15, 0.2) is 12.1 Å². The van der Waals surface area contributed by atoms with Gasteiger partial charge in [-0.15, -0.1) is 11.3 Å². The van der Waals surface area contributed by atoms with Crippen molar-refractivity contribution < 1.29 is 0 Å². The molecule has 100 valence electrons. The van der Waals surface area contributed by atoms with Crippen LogP contribution in [0.3, 0.4) is 0 Å². The quantitative estimate of drug-likeness (QED) is 0.882. The number of nitrogens with zero attached hydrogens (tertiary/aromatic N) is 1. The highest BCUT2D eigenvalue weighted by Crippen LogP contribution is 2.36. The number of hydrogen-bond acceptors (Lipinski definition) is 3. The van der Waals surface area contributed by atoms with Crippen molar-refractivity contribution in [2.45, 2.75) is 51.1 Å². The Morgan fingerprint density at radius 3 is 2.83 bits per heavy atom. The van der Waals surface area contributed by atoms with E-state index in [0.29, 0.717) is 5.54 Å². The lowest BCUT2D eigenvalue weighted by atomic mass is 9.79. The van der Waals surface area contributed by atoms with Crippen LogP contribution in [0.5, 0.6) is 0 Å². The zero-order valence-electron chi connectivity index (χ0n) is 11.4. The summed E-state index contributed by atoms with van der Waals surface area (Å²) >= 11 is 1.97. The molecule has 1 spiro atoms. The van der Waals surface area contributed by atoms with Gasteiger partial charge in [0.1, 0.15) is 0 Å². The maximum Gasteiger partial charge on any atom is 0.0338 e. The van der Waals surface area contributed by atoms with E-state index in [1.807, 2.05) is 11.3 Å². The second kappa shape index (κ2) is 5.32. The Hall–Kier alpha value is -0.380. The lowest BCUT2D eigenvalue weighted by Crippen LogP contribution is -2.61. The molecule has 18 heavy (non-hydrogen) atoms. The van der Waals surface area contributed by atoms with Crippen LogP contribution in [0.4, 0.5) is 0 Å². The van der Waals surface area contributed by atoms with Crippen molar-refractivity contribution >= 4 is 11.3 Å². The molecule has 2 fully saturated rings. The summed E-state index contributed by atoms with van der Waals surface area (Å²) in [6, 6.07) is 4.58. The van der Waals surface area contributed by atoms with E-state index in [9.17, 15) is 0 Å². The molecular formula is C15H24N2S. The molecular weight excluding hydrogens is 240 g/mol. The second-order valence-corrected chi connectivity index (χ2v) is 7.27. The van der Waals surface area contributed by atoms with Crippen LogP contribution in [0, 0.1) is 6.92 Å². The van der Waals surface area contributed by atoms with E-state index in [-0.39, 0.29) is 0 Å². The first-order valence-electron chi connectivity index (χ1n) is 7.30.